The molecule has 0 spiro atoms. The minimum absolute atomic E-state index is 0.0931. The maximum absolute atomic E-state index is 10.4. The third-order valence-corrected chi connectivity index (χ3v) is 3.56. The summed E-state index contributed by atoms with van der Waals surface area (Å²) in [6, 6.07) is 0. The van der Waals surface area contributed by atoms with Gasteiger partial charge in [-0.1, -0.05) is 58.3 Å². The Kier molecular flexibility index (Phi) is 11.8. The van der Waals surface area contributed by atoms with Crippen molar-refractivity contribution in [3.05, 3.63) is 0 Å². The fourth-order valence-electron chi connectivity index (χ4n) is 1.78. The van der Waals surface area contributed by atoms with Gasteiger partial charge in [-0.05, 0) is 6.42 Å². The van der Waals surface area contributed by atoms with E-state index in [4.69, 9.17) is 9.29 Å². The summed E-state index contributed by atoms with van der Waals surface area (Å²) in [6.07, 6.45) is 11.3. The van der Waals surface area contributed by atoms with E-state index in [1.807, 2.05) is 0 Å². The summed E-state index contributed by atoms with van der Waals surface area (Å²) in [5.41, 5.74) is 0. The quantitative estimate of drug-likeness (QED) is 0.415. The average molecular weight is 280 g/mol. The van der Waals surface area contributed by atoms with Crippen LogP contribution < -0.4 is 0 Å². The van der Waals surface area contributed by atoms with Crippen molar-refractivity contribution in [2.24, 2.45) is 0 Å². The lowest BCUT2D eigenvalue weighted by Gasteiger charge is -2.03. The zero-order valence-corrected chi connectivity index (χ0v) is 12.4. The molecule has 0 unspecified atom stereocenters. The molecule has 4 nitrogen and oxygen atoms in total. The first-order valence-corrected chi connectivity index (χ1v) is 8.70. The molecule has 0 atom stereocenters. The van der Waals surface area contributed by atoms with E-state index in [1.165, 1.54) is 44.9 Å². The minimum Gasteiger partial charge on any atom is -0.380 e. The van der Waals surface area contributed by atoms with Crippen molar-refractivity contribution < 1.29 is 17.7 Å². The van der Waals surface area contributed by atoms with E-state index in [9.17, 15) is 8.42 Å². The first kappa shape index (κ1) is 17.9. The lowest BCUT2D eigenvalue weighted by Crippen LogP contribution is -2.11. The molecule has 5 heteroatoms. The summed E-state index contributed by atoms with van der Waals surface area (Å²) in [5, 5.41) is 0. The van der Waals surface area contributed by atoms with Crippen LogP contribution in [0, 0.1) is 0 Å². The first-order chi connectivity index (χ1) is 8.56. The Morgan fingerprint density at radius 2 is 1.33 bits per heavy atom. The predicted molar refractivity (Wildman–Crippen MR) is 74.5 cm³/mol. The maximum Gasteiger partial charge on any atom is 0.267 e. The molecule has 0 rings (SSSR count). The normalized spacial score (nSPS) is 11.9. The van der Waals surface area contributed by atoms with Gasteiger partial charge in [0.15, 0.2) is 0 Å². The van der Waals surface area contributed by atoms with Crippen molar-refractivity contribution in [3.8, 4) is 0 Å². The van der Waals surface area contributed by atoms with Crippen LogP contribution in [-0.4, -0.2) is 31.9 Å². The Morgan fingerprint density at radius 1 is 0.833 bits per heavy atom. The molecule has 0 aromatic heterocycles. The van der Waals surface area contributed by atoms with Gasteiger partial charge in [-0.3, -0.25) is 4.55 Å². The van der Waals surface area contributed by atoms with E-state index in [0.29, 0.717) is 6.61 Å². The van der Waals surface area contributed by atoms with Crippen LogP contribution >= 0.6 is 0 Å². The van der Waals surface area contributed by atoms with Crippen molar-refractivity contribution >= 4 is 10.1 Å². The zero-order chi connectivity index (χ0) is 13.7. The number of ether oxygens (including phenoxy) is 1. The van der Waals surface area contributed by atoms with Gasteiger partial charge in [0.05, 0.1) is 12.4 Å². The topological polar surface area (TPSA) is 63.6 Å². The zero-order valence-electron chi connectivity index (χ0n) is 11.6. The highest BCUT2D eigenvalue weighted by Gasteiger charge is 2.02. The molecule has 0 amide bonds. The molecule has 1 N–H and O–H groups in total. The van der Waals surface area contributed by atoms with Gasteiger partial charge in [0.1, 0.15) is 0 Å². The third kappa shape index (κ3) is 15.9. The molecular formula is C13H28O4S. The molecule has 0 aliphatic rings. The van der Waals surface area contributed by atoms with Crippen molar-refractivity contribution in [1.82, 2.24) is 0 Å². The maximum atomic E-state index is 10.4. The van der Waals surface area contributed by atoms with Crippen LogP contribution in [-0.2, 0) is 14.9 Å². The SMILES string of the molecule is CCCCCCCCCCCOCCS(=O)(=O)O. The summed E-state index contributed by atoms with van der Waals surface area (Å²) in [5.74, 6) is -0.301. The summed E-state index contributed by atoms with van der Waals surface area (Å²) in [7, 11) is -3.86. The van der Waals surface area contributed by atoms with Gasteiger partial charge in [0, 0.05) is 6.61 Å². The van der Waals surface area contributed by atoms with Crippen LogP contribution in [0.3, 0.4) is 0 Å². The van der Waals surface area contributed by atoms with Crippen LogP contribution in [0.2, 0.25) is 0 Å². The van der Waals surface area contributed by atoms with Crippen LogP contribution in [0.1, 0.15) is 64.7 Å². The average Bonchev–Trinajstić information content (AvgIpc) is 2.29. The van der Waals surface area contributed by atoms with Crippen LogP contribution in [0.5, 0.6) is 0 Å². The number of rotatable bonds is 13. The Labute approximate surface area is 112 Å². The van der Waals surface area contributed by atoms with Crippen molar-refractivity contribution in [2.75, 3.05) is 19.0 Å². The Bertz CT molecular complexity index is 262. The van der Waals surface area contributed by atoms with E-state index in [-0.39, 0.29) is 12.4 Å². The second kappa shape index (κ2) is 11.9. The molecule has 18 heavy (non-hydrogen) atoms. The van der Waals surface area contributed by atoms with Gasteiger partial charge in [-0.15, -0.1) is 0 Å². The Hall–Kier alpha value is -0.130. The standard InChI is InChI=1S/C13H28O4S/c1-2-3-4-5-6-7-8-9-10-11-17-12-13-18(14,15)16/h2-13H2,1H3,(H,14,15,16). The third-order valence-electron chi connectivity index (χ3n) is 2.88. The molecule has 0 aliphatic heterocycles. The summed E-state index contributed by atoms with van der Waals surface area (Å²) in [6.45, 7) is 2.91. The van der Waals surface area contributed by atoms with E-state index in [1.54, 1.807) is 0 Å². The molecular weight excluding hydrogens is 252 g/mol. The van der Waals surface area contributed by atoms with Gasteiger partial charge >= 0.3 is 0 Å². The van der Waals surface area contributed by atoms with Crippen molar-refractivity contribution in [3.63, 3.8) is 0 Å². The highest BCUT2D eigenvalue weighted by molar-refractivity contribution is 7.85. The molecule has 0 saturated carbocycles. The molecule has 110 valence electrons. The highest BCUT2D eigenvalue weighted by Crippen LogP contribution is 2.09. The smallest absolute Gasteiger partial charge is 0.267 e. The van der Waals surface area contributed by atoms with Crippen LogP contribution in [0.15, 0.2) is 0 Å². The Balaban J connectivity index is 3.03. The Morgan fingerprint density at radius 3 is 1.83 bits per heavy atom. The van der Waals surface area contributed by atoms with Gasteiger partial charge in [0.25, 0.3) is 10.1 Å². The number of unbranched alkanes of at least 4 members (excludes halogenated alkanes) is 8. The fourth-order valence-corrected chi connectivity index (χ4v) is 2.11. The molecule has 0 saturated heterocycles. The molecule has 0 aromatic carbocycles. The molecule has 0 fully saturated rings. The lowest BCUT2D eigenvalue weighted by molar-refractivity contribution is 0.143. The molecule has 0 heterocycles. The summed E-state index contributed by atoms with van der Waals surface area (Å²) < 4.78 is 34.4. The van der Waals surface area contributed by atoms with Gasteiger partial charge in [-0.25, -0.2) is 0 Å². The second-order valence-corrected chi connectivity index (χ2v) is 6.30. The predicted octanol–water partition coefficient (Wildman–Crippen LogP) is 3.42. The molecule has 0 aromatic rings. The van der Waals surface area contributed by atoms with E-state index < -0.39 is 10.1 Å². The van der Waals surface area contributed by atoms with Crippen molar-refractivity contribution in [1.29, 1.82) is 0 Å². The van der Waals surface area contributed by atoms with Gasteiger partial charge in [-0.2, -0.15) is 8.42 Å². The van der Waals surface area contributed by atoms with E-state index in [2.05, 4.69) is 6.92 Å². The van der Waals surface area contributed by atoms with Gasteiger partial charge < -0.3 is 4.74 Å². The monoisotopic (exact) mass is 280 g/mol. The number of hydrogen-bond acceptors (Lipinski definition) is 3. The lowest BCUT2D eigenvalue weighted by atomic mass is 10.1. The van der Waals surface area contributed by atoms with E-state index in [0.717, 1.165) is 12.8 Å². The first-order valence-electron chi connectivity index (χ1n) is 7.09. The molecule has 0 aliphatic carbocycles. The molecule has 0 radical (unpaired) electrons. The van der Waals surface area contributed by atoms with Crippen molar-refractivity contribution in [2.45, 2.75) is 64.7 Å². The van der Waals surface area contributed by atoms with E-state index >= 15 is 0 Å². The van der Waals surface area contributed by atoms with Gasteiger partial charge in [0.2, 0.25) is 0 Å². The second-order valence-electron chi connectivity index (χ2n) is 4.73. The summed E-state index contributed by atoms with van der Waals surface area (Å²) in [4.78, 5) is 0. The largest absolute Gasteiger partial charge is 0.380 e. The van der Waals surface area contributed by atoms with Crippen LogP contribution in [0.4, 0.5) is 0 Å². The van der Waals surface area contributed by atoms with Crippen LogP contribution in [0.25, 0.3) is 0 Å². The molecule has 0 bridgehead atoms. The summed E-state index contributed by atoms with van der Waals surface area (Å²) >= 11 is 0. The highest BCUT2D eigenvalue weighted by atomic mass is 32.2. The number of hydrogen-bond donors (Lipinski definition) is 1. The minimum atomic E-state index is -3.86. The fraction of sp³-hybridized carbons (Fsp3) is 1.00.